The molecule has 0 aliphatic heterocycles. The highest BCUT2D eigenvalue weighted by Crippen LogP contribution is 2.50. The summed E-state index contributed by atoms with van der Waals surface area (Å²) in [6.07, 6.45) is -12.5. The Morgan fingerprint density at radius 2 is 1.42 bits per heavy atom. The summed E-state index contributed by atoms with van der Waals surface area (Å²) in [4.78, 5) is 24.8. The van der Waals surface area contributed by atoms with Gasteiger partial charge in [-0.05, 0) is 29.8 Å². The van der Waals surface area contributed by atoms with Crippen LogP contribution in [0.25, 0.3) is 0 Å². The number of hydrogen-bond acceptors (Lipinski definition) is 5. The molecular weight excluding hydrogens is 518 g/mol. The van der Waals surface area contributed by atoms with Crippen molar-refractivity contribution < 1.29 is 49.5 Å². The van der Waals surface area contributed by atoms with E-state index in [0.717, 1.165) is 12.1 Å². The lowest BCUT2D eigenvalue weighted by atomic mass is 9.92. The van der Waals surface area contributed by atoms with Gasteiger partial charge in [0.25, 0.3) is 5.60 Å². The van der Waals surface area contributed by atoms with E-state index >= 15 is 0 Å². The number of carbonyl (C=O) groups excluding carboxylic acids is 2. The summed E-state index contributed by atoms with van der Waals surface area (Å²) >= 11 is 0. The average Bonchev–Trinajstić information content (AvgIpc) is 2.80. The molecule has 198 valence electrons. The van der Waals surface area contributed by atoms with E-state index in [1.807, 2.05) is 0 Å². The molecule has 36 heavy (non-hydrogen) atoms. The fourth-order valence-corrected chi connectivity index (χ4v) is 4.12. The molecule has 1 atom stereocenters. The van der Waals surface area contributed by atoms with Crippen molar-refractivity contribution in [3.05, 3.63) is 59.7 Å². The zero-order chi connectivity index (χ0) is 27.5. The number of benzene rings is 2. The number of sulfone groups is 1. The van der Waals surface area contributed by atoms with E-state index in [4.69, 9.17) is 0 Å². The van der Waals surface area contributed by atoms with Gasteiger partial charge < -0.3 is 15.7 Å². The van der Waals surface area contributed by atoms with Crippen molar-refractivity contribution in [2.24, 2.45) is 0 Å². The minimum Gasteiger partial charge on any atom is -0.369 e. The molecule has 0 heterocycles. The zero-order valence-electron chi connectivity index (χ0n) is 18.9. The van der Waals surface area contributed by atoms with Crippen LogP contribution in [0.5, 0.6) is 0 Å². The van der Waals surface area contributed by atoms with Crippen LogP contribution in [0.1, 0.15) is 30.4 Å². The van der Waals surface area contributed by atoms with Crippen LogP contribution in [0.2, 0.25) is 0 Å². The Kier molecular flexibility index (Phi) is 8.46. The highest BCUT2D eigenvalue weighted by atomic mass is 32.2. The quantitative estimate of drug-likeness (QED) is 0.443. The first kappa shape index (κ1) is 29.1. The number of halogens is 6. The van der Waals surface area contributed by atoms with Crippen LogP contribution in [0.3, 0.4) is 0 Å². The summed E-state index contributed by atoms with van der Waals surface area (Å²) in [7, 11) is -2.22. The number of nitrogens with one attached hydrogen (secondary N) is 2. The Morgan fingerprint density at radius 3 is 1.83 bits per heavy atom. The Labute approximate surface area is 202 Å². The summed E-state index contributed by atoms with van der Waals surface area (Å²) in [5.41, 5.74) is -6.59. The van der Waals surface area contributed by atoms with Crippen LogP contribution in [0.15, 0.2) is 53.4 Å². The van der Waals surface area contributed by atoms with Gasteiger partial charge in [-0.25, -0.2) is 8.42 Å². The molecule has 0 radical (unpaired) electrons. The predicted octanol–water partition coefficient (Wildman–Crippen LogP) is 3.65. The first-order valence-electron chi connectivity index (χ1n) is 10.3. The molecule has 0 spiro atoms. The average molecular weight is 540 g/mol. The van der Waals surface area contributed by atoms with Gasteiger partial charge in [0.15, 0.2) is 9.84 Å². The molecule has 2 rings (SSSR count). The van der Waals surface area contributed by atoms with Crippen LogP contribution < -0.4 is 10.6 Å². The molecule has 0 bridgehead atoms. The summed E-state index contributed by atoms with van der Waals surface area (Å²) in [6, 6.07) is 7.37. The van der Waals surface area contributed by atoms with Crippen molar-refractivity contribution in [1.82, 2.24) is 5.32 Å². The van der Waals surface area contributed by atoms with Gasteiger partial charge in [0.2, 0.25) is 11.8 Å². The highest BCUT2D eigenvalue weighted by molar-refractivity contribution is 7.91. The zero-order valence-corrected chi connectivity index (χ0v) is 19.7. The monoisotopic (exact) mass is 540 g/mol. The molecule has 0 aliphatic carbocycles. The van der Waals surface area contributed by atoms with Crippen LogP contribution in [0.4, 0.5) is 32.0 Å². The van der Waals surface area contributed by atoms with Gasteiger partial charge in [0, 0.05) is 24.7 Å². The fourth-order valence-electron chi connectivity index (χ4n) is 3.24. The molecule has 2 aromatic rings. The second-order valence-corrected chi connectivity index (χ2v) is 9.95. The van der Waals surface area contributed by atoms with Gasteiger partial charge >= 0.3 is 12.4 Å². The van der Waals surface area contributed by atoms with Crippen LogP contribution in [-0.4, -0.2) is 50.5 Å². The van der Waals surface area contributed by atoms with E-state index in [1.165, 1.54) is 38.2 Å². The molecule has 0 aromatic heterocycles. The van der Waals surface area contributed by atoms with E-state index < -0.39 is 51.1 Å². The van der Waals surface area contributed by atoms with Gasteiger partial charge in [-0.1, -0.05) is 31.2 Å². The predicted molar refractivity (Wildman–Crippen MR) is 117 cm³/mol. The molecule has 0 saturated heterocycles. The number of carbonyl (C=O) groups is 2. The molecular formula is C22H22F6N2O5S. The number of rotatable bonds is 8. The Bertz CT molecular complexity index is 1180. The second kappa shape index (κ2) is 10.5. The first-order chi connectivity index (χ1) is 16.5. The first-order valence-corrected chi connectivity index (χ1v) is 11.9. The van der Waals surface area contributed by atoms with Crippen molar-refractivity contribution in [3.63, 3.8) is 0 Å². The minimum absolute atomic E-state index is 0.00902. The fraction of sp³-hybridized carbons (Fsp3) is 0.364. The Hall–Kier alpha value is -3.13. The Balaban J connectivity index is 2.36. The van der Waals surface area contributed by atoms with Gasteiger partial charge in [-0.3, -0.25) is 9.59 Å². The van der Waals surface area contributed by atoms with Crippen LogP contribution in [-0.2, 0) is 25.0 Å². The standard InChI is InChI=1S/C22H22F6N2O5S/c1-3-36(34,35)16-10-4-13(5-11-16)17(12-18(31)29-2)19(32)30-15-8-6-14(7-9-15)20(33,21(23,24)25)22(26,27)28/h4-11,17,33H,3,12H2,1-2H3,(H,29,31)(H,30,32)/t17-/m1/s1. The Morgan fingerprint density at radius 1 is 0.917 bits per heavy atom. The number of anilines is 1. The van der Waals surface area contributed by atoms with Crippen molar-refractivity contribution in [2.45, 2.75) is 42.1 Å². The van der Waals surface area contributed by atoms with E-state index in [1.54, 1.807) is 0 Å². The van der Waals surface area contributed by atoms with Gasteiger partial charge in [0.1, 0.15) is 0 Å². The molecule has 2 aromatic carbocycles. The topological polar surface area (TPSA) is 113 Å². The van der Waals surface area contributed by atoms with E-state index in [0.29, 0.717) is 12.1 Å². The SMILES string of the molecule is CCS(=O)(=O)c1ccc([C@@H](CC(=O)NC)C(=O)Nc2ccc(C(O)(C(F)(F)F)C(F)(F)F)cc2)cc1. The lowest BCUT2D eigenvalue weighted by Crippen LogP contribution is -2.53. The molecule has 0 fully saturated rings. The van der Waals surface area contributed by atoms with E-state index in [-0.39, 0.29) is 28.3 Å². The van der Waals surface area contributed by atoms with Crippen LogP contribution >= 0.6 is 0 Å². The molecule has 7 nitrogen and oxygen atoms in total. The van der Waals surface area contributed by atoms with E-state index in [2.05, 4.69) is 10.6 Å². The smallest absolute Gasteiger partial charge is 0.369 e. The summed E-state index contributed by atoms with van der Waals surface area (Å²) < 4.78 is 102. The summed E-state index contributed by atoms with van der Waals surface area (Å²) in [5.74, 6) is -2.73. The van der Waals surface area contributed by atoms with Gasteiger partial charge in [-0.15, -0.1) is 0 Å². The van der Waals surface area contributed by atoms with Crippen molar-refractivity contribution in [2.75, 3.05) is 18.1 Å². The molecule has 0 unspecified atom stereocenters. The third-order valence-electron chi connectivity index (χ3n) is 5.40. The van der Waals surface area contributed by atoms with Crippen molar-refractivity contribution >= 4 is 27.3 Å². The summed E-state index contributed by atoms with van der Waals surface area (Å²) in [6.45, 7) is 1.45. The van der Waals surface area contributed by atoms with Crippen molar-refractivity contribution in [3.8, 4) is 0 Å². The molecule has 0 aliphatic rings. The number of amides is 2. The molecule has 14 heteroatoms. The maximum absolute atomic E-state index is 13.1. The summed E-state index contributed by atoms with van der Waals surface area (Å²) in [5, 5.41) is 14.1. The maximum atomic E-state index is 13.1. The van der Waals surface area contributed by atoms with E-state index in [9.17, 15) is 49.5 Å². The normalized spacial score (nSPS) is 13.7. The lowest BCUT2D eigenvalue weighted by Gasteiger charge is -2.32. The largest absolute Gasteiger partial charge is 0.430 e. The number of alkyl halides is 6. The van der Waals surface area contributed by atoms with Gasteiger partial charge in [-0.2, -0.15) is 26.3 Å². The van der Waals surface area contributed by atoms with Gasteiger partial charge in [0.05, 0.1) is 16.6 Å². The number of aliphatic hydroxyl groups is 1. The third kappa shape index (κ3) is 5.98. The molecule has 0 saturated carbocycles. The highest BCUT2D eigenvalue weighted by Gasteiger charge is 2.71. The third-order valence-corrected chi connectivity index (χ3v) is 7.15. The van der Waals surface area contributed by atoms with Crippen LogP contribution in [0, 0.1) is 0 Å². The van der Waals surface area contributed by atoms with Crippen molar-refractivity contribution in [1.29, 1.82) is 0 Å². The lowest BCUT2D eigenvalue weighted by molar-refractivity contribution is -0.376. The number of hydrogen-bond donors (Lipinski definition) is 3. The second-order valence-electron chi connectivity index (χ2n) is 7.67. The molecule has 3 N–H and O–H groups in total. The minimum atomic E-state index is -6.06. The molecule has 2 amide bonds. The maximum Gasteiger partial charge on any atom is 0.430 e.